The van der Waals surface area contributed by atoms with Crippen LogP contribution in [-0.4, -0.2) is 24.9 Å². The Labute approximate surface area is 120 Å². The Morgan fingerprint density at radius 3 is 2.89 bits per heavy atom. The minimum absolute atomic E-state index is 0.0682. The molecule has 0 aromatic heterocycles. The Balaban J connectivity index is 2.11. The summed E-state index contributed by atoms with van der Waals surface area (Å²) in [6.45, 7) is 3.18. The lowest BCUT2D eigenvalue weighted by atomic mass is 10.1. The van der Waals surface area contributed by atoms with Crippen LogP contribution in [0.4, 0.5) is 11.4 Å². The van der Waals surface area contributed by atoms with Crippen LogP contribution in [0.5, 0.6) is 0 Å². The van der Waals surface area contributed by atoms with Gasteiger partial charge in [0.05, 0.1) is 17.3 Å². The summed E-state index contributed by atoms with van der Waals surface area (Å²) >= 11 is 3.38. The normalized spacial score (nSPS) is 18.0. The first kappa shape index (κ1) is 13.9. The number of anilines is 2. The van der Waals surface area contributed by atoms with E-state index in [0.29, 0.717) is 6.54 Å². The zero-order valence-electron chi connectivity index (χ0n) is 10.6. The standard InChI is InChI=1S/C13H16BrN3O2/c1-2-15-10-4-3-9(14)6-11(10)17-13(19)8-5-12(18)16-7-8/h3-4,6,8,15H,2,5,7H2,1H3,(H,16,18)(H,17,19)/t8-/m1/s1. The topological polar surface area (TPSA) is 70.2 Å². The van der Waals surface area contributed by atoms with Gasteiger partial charge >= 0.3 is 0 Å². The van der Waals surface area contributed by atoms with Crippen LogP contribution in [0.15, 0.2) is 22.7 Å². The molecular formula is C13H16BrN3O2. The monoisotopic (exact) mass is 325 g/mol. The Morgan fingerprint density at radius 2 is 2.26 bits per heavy atom. The number of rotatable bonds is 4. The van der Waals surface area contributed by atoms with Crippen LogP contribution < -0.4 is 16.0 Å². The second kappa shape index (κ2) is 6.06. The lowest BCUT2D eigenvalue weighted by Crippen LogP contribution is -2.25. The Kier molecular flexibility index (Phi) is 4.42. The van der Waals surface area contributed by atoms with Gasteiger partial charge in [0.15, 0.2) is 0 Å². The van der Waals surface area contributed by atoms with Gasteiger partial charge in [0.1, 0.15) is 0 Å². The Bertz CT molecular complexity index is 505. The summed E-state index contributed by atoms with van der Waals surface area (Å²) < 4.78 is 0.894. The van der Waals surface area contributed by atoms with Gasteiger partial charge in [-0.2, -0.15) is 0 Å². The quantitative estimate of drug-likeness (QED) is 0.792. The molecule has 1 atom stereocenters. The third kappa shape index (κ3) is 3.47. The van der Waals surface area contributed by atoms with Crippen LogP contribution in [-0.2, 0) is 9.59 Å². The molecule has 1 heterocycles. The minimum Gasteiger partial charge on any atom is -0.384 e. The molecule has 0 radical (unpaired) electrons. The first-order valence-electron chi connectivity index (χ1n) is 6.21. The maximum absolute atomic E-state index is 12.1. The van der Waals surface area contributed by atoms with E-state index in [9.17, 15) is 9.59 Å². The molecule has 0 unspecified atom stereocenters. The Morgan fingerprint density at radius 1 is 1.47 bits per heavy atom. The summed E-state index contributed by atoms with van der Waals surface area (Å²) in [7, 11) is 0. The largest absolute Gasteiger partial charge is 0.384 e. The van der Waals surface area contributed by atoms with Gasteiger partial charge in [0, 0.05) is 24.0 Å². The zero-order chi connectivity index (χ0) is 13.8. The average Bonchev–Trinajstić information content (AvgIpc) is 2.80. The molecule has 2 rings (SSSR count). The molecule has 19 heavy (non-hydrogen) atoms. The van der Waals surface area contributed by atoms with Crippen molar-refractivity contribution in [1.29, 1.82) is 0 Å². The number of carbonyl (C=O) groups is 2. The van der Waals surface area contributed by atoms with Gasteiger partial charge in [-0.25, -0.2) is 0 Å². The lowest BCUT2D eigenvalue weighted by Gasteiger charge is -2.14. The van der Waals surface area contributed by atoms with Gasteiger partial charge in [0.25, 0.3) is 0 Å². The van der Waals surface area contributed by atoms with E-state index in [1.165, 1.54) is 0 Å². The molecule has 6 heteroatoms. The maximum atomic E-state index is 12.1. The van der Waals surface area contributed by atoms with Crippen LogP contribution in [0.2, 0.25) is 0 Å². The number of amides is 2. The lowest BCUT2D eigenvalue weighted by molar-refractivity contribution is -0.123. The second-order valence-corrected chi connectivity index (χ2v) is 5.33. The fraction of sp³-hybridized carbons (Fsp3) is 0.385. The van der Waals surface area contributed by atoms with Crippen LogP contribution in [0.1, 0.15) is 13.3 Å². The van der Waals surface area contributed by atoms with E-state index < -0.39 is 0 Å². The van der Waals surface area contributed by atoms with Crippen LogP contribution in [0, 0.1) is 5.92 Å². The smallest absolute Gasteiger partial charge is 0.229 e. The number of carbonyl (C=O) groups excluding carboxylic acids is 2. The van der Waals surface area contributed by atoms with Gasteiger partial charge in [-0.15, -0.1) is 0 Å². The summed E-state index contributed by atoms with van der Waals surface area (Å²) in [5, 5.41) is 8.73. The van der Waals surface area contributed by atoms with Gasteiger partial charge in [-0.05, 0) is 25.1 Å². The highest BCUT2D eigenvalue weighted by molar-refractivity contribution is 9.10. The number of nitrogens with one attached hydrogen (secondary N) is 3. The molecule has 0 saturated carbocycles. The van der Waals surface area contributed by atoms with E-state index in [2.05, 4.69) is 31.9 Å². The number of halogens is 1. The van der Waals surface area contributed by atoms with Gasteiger partial charge < -0.3 is 16.0 Å². The van der Waals surface area contributed by atoms with E-state index in [4.69, 9.17) is 0 Å². The Hall–Kier alpha value is -1.56. The fourth-order valence-corrected chi connectivity index (χ4v) is 2.35. The first-order valence-corrected chi connectivity index (χ1v) is 7.00. The van der Waals surface area contributed by atoms with Crippen molar-refractivity contribution < 1.29 is 9.59 Å². The van der Waals surface area contributed by atoms with Gasteiger partial charge in [0.2, 0.25) is 11.8 Å². The third-order valence-electron chi connectivity index (χ3n) is 2.95. The van der Waals surface area contributed by atoms with E-state index in [1.54, 1.807) is 0 Å². The molecule has 1 aromatic rings. The van der Waals surface area contributed by atoms with E-state index in [1.807, 2.05) is 25.1 Å². The molecule has 5 nitrogen and oxygen atoms in total. The van der Waals surface area contributed by atoms with Crippen LogP contribution in [0.3, 0.4) is 0 Å². The highest BCUT2D eigenvalue weighted by Gasteiger charge is 2.28. The fourth-order valence-electron chi connectivity index (χ4n) is 1.99. The summed E-state index contributed by atoms with van der Waals surface area (Å²) in [4.78, 5) is 23.2. The highest BCUT2D eigenvalue weighted by Crippen LogP contribution is 2.27. The number of hydrogen-bond donors (Lipinski definition) is 3. The average molecular weight is 326 g/mol. The predicted molar refractivity (Wildman–Crippen MR) is 78.1 cm³/mol. The van der Waals surface area contributed by atoms with E-state index in [0.717, 1.165) is 22.4 Å². The molecule has 3 N–H and O–H groups in total. The molecule has 1 fully saturated rings. The van der Waals surface area contributed by atoms with Gasteiger partial charge in [-0.3, -0.25) is 9.59 Å². The first-order chi connectivity index (χ1) is 9.10. The van der Waals surface area contributed by atoms with Crippen molar-refractivity contribution in [3.63, 3.8) is 0 Å². The van der Waals surface area contributed by atoms with Crippen LogP contribution in [0.25, 0.3) is 0 Å². The van der Waals surface area contributed by atoms with Crippen molar-refractivity contribution in [3.05, 3.63) is 22.7 Å². The molecule has 1 saturated heterocycles. The molecule has 2 amide bonds. The maximum Gasteiger partial charge on any atom is 0.229 e. The summed E-state index contributed by atoms with van der Waals surface area (Å²) in [5.41, 5.74) is 1.59. The summed E-state index contributed by atoms with van der Waals surface area (Å²) in [6, 6.07) is 5.66. The third-order valence-corrected chi connectivity index (χ3v) is 3.45. The van der Waals surface area contributed by atoms with Gasteiger partial charge in [-0.1, -0.05) is 15.9 Å². The van der Waals surface area contributed by atoms with Crippen molar-refractivity contribution in [1.82, 2.24) is 5.32 Å². The van der Waals surface area contributed by atoms with E-state index >= 15 is 0 Å². The highest BCUT2D eigenvalue weighted by atomic mass is 79.9. The number of hydrogen-bond acceptors (Lipinski definition) is 3. The SMILES string of the molecule is CCNc1ccc(Br)cc1NC(=O)[C@H]1CNC(=O)C1. The molecular weight excluding hydrogens is 310 g/mol. The molecule has 0 spiro atoms. The predicted octanol–water partition coefficient (Wildman–Crippen LogP) is 1.96. The molecule has 1 aliphatic heterocycles. The molecule has 1 aromatic carbocycles. The van der Waals surface area contributed by atoms with Crippen molar-refractivity contribution in [2.24, 2.45) is 5.92 Å². The zero-order valence-corrected chi connectivity index (χ0v) is 12.2. The molecule has 1 aliphatic rings. The molecule has 0 aliphatic carbocycles. The molecule has 102 valence electrons. The van der Waals surface area contributed by atoms with Crippen molar-refractivity contribution >= 4 is 39.1 Å². The number of benzene rings is 1. The summed E-state index contributed by atoms with van der Waals surface area (Å²) in [6.07, 6.45) is 0.260. The van der Waals surface area contributed by atoms with Crippen LogP contribution >= 0.6 is 15.9 Å². The van der Waals surface area contributed by atoms with Crippen molar-refractivity contribution in [2.45, 2.75) is 13.3 Å². The van der Waals surface area contributed by atoms with E-state index in [-0.39, 0.29) is 24.2 Å². The van der Waals surface area contributed by atoms with Crippen molar-refractivity contribution in [3.8, 4) is 0 Å². The van der Waals surface area contributed by atoms with Crippen molar-refractivity contribution in [2.75, 3.05) is 23.7 Å². The second-order valence-electron chi connectivity index (χ2n) is 4.41. The minimum atomic E-state index is -0.291. The summed E-state index contributed by atoms with van der Waals surface area (Å²) in [5.74, 6) is -0.488. The molecule has 0 bridgehead atoms.